The van der Waals surface area contributed by atoms with Crippen LogP contribution in [0, 0.1) is 11.8 Å². The van der Waals surface area contributed by atoms with E-state index in [0.29, 0.717) is 34.6 Å². The van der Waals surface area contributed by atoms with Gasteiger partial charge in [0, 0.05) is 11.3 Å². The van der Waals surface area contributed by atoms with E-state index in [0.717, 1.165) is 18.6 Å². The third-order valence-corrected chi connectivity index (χ3v) is 4.50. The summed E-state index contributed by atoms with van der Waals surface area (Å²) in [7, 11) is 4.56. The average Bonchev–Trinajstić information content (AvgIpc) is 2.59. The van der Waals surface area contributed by atoms with Crippen molar-refractivity contribution in [2.45, 2.75) is 33.1 Å². The fraction of sp³-hybridized carbons (Fsp3) is 0.556. The quantitative estimate of drug-likeness (QED) is 0.839. The van der Waals surface area contributed by atoms with Gasteiger partial charge in [0.25, 0.3) is 5.91 Å². The fourth-order valence-corrected chi connectivity index (χ4v) is 3.12. The number of rotatable bonds is 5. The minimum atomic E-state index is -0.299. The molecule has 1 amide bonds. The average molecular weight is 334 g/mol. The Morgan fingerprint density at radius 2 is 1.58 bits per heavy atom. The Kier molecular flexibility index (Phi) is 6.06. The summed E-state index contributed by atoms with van der Waals surface area (Å²) in [5.74, 6) is 1.83. The van der Waals surface area contributed by atoms with Crippen LogP contribution in [0.1, 0.15) is 43.5 Å². The highest BCUT2D eigenvalue weighted by Gasteiger charge is 2.23. The van der Waals surface area contributed by atoms with Gasteiger partial charge in [-0.2, -0.15) is 5.10 Å². The van der Waals surface area contributed by atoms with Gasteiger partial charge in [-0.1, -0.05) is 20.3 Å². The molecule has 0 radical (unpaired) electrons. The van der Waals surface area contributed by atoms with Crippen molar-refractivity contribution in [1.29, 1.82) is 0 Å². The highest BCUT2D eigenvalue weighted by Crippen LogP contribution is 2.38. The van der Waals surface area contributed by atoms with E-state index in [1.54, 1.807) is 12.1 Å². The summed E-state index contributed by atoms with van der Waals surface area (Å²) in [6, 6.07) is 3.23. The number of nitrogens with zero attached hydrogens (tertiary/aromatic N) is 1. The van der Waals surface area contributed by atoms with Gasteiger partial charge in [0.15, 0.2) is 11.5 Å². The number of carbonyl (C=O) groups excluding carboxylic acids is 1. The zero-order chi connectivity index (χ0) is 17.7. The molecule has 0 unspecified atom stereocenters. The molecule has 24 heavy (non-hydrogen) atoms. The standard InChI is InChI=1S/C18H26N2O4/c1-11-7-6-8-12(2)16(11)19-20-18(21)13-9-14(22-3)17(24-5)15(10-13)23-4/h9-12H,6-8H2,1-5H3,(H,20,21)/t11-,12-/m1/s1. The third-order valence-electron chi connectivity index (χ3n) is 4.50. The Labute approximate surface area is 143 Å². The predicted molar refractivity (Wildman–Crippen MR) is 93.2 cm³/mol. The van der Waals surface area contributed by atoms with Crippen LogP contribution in [0.15, 0.2) is 17.2 Å². The highest BCUT2D eigenvalue weighted by atomic mass is 16.5. The number of amides is 1. The predicted octanol–water partition coefficient (Wildman–Crippen LogP) is 3.25. The first-order valence-corrected chi connectivity index (χ1v) is 8.19. The van der Waals surface area contributed by atoms with Crippen molar-refractivity contribution in [3.63, 3.8) is 0 Å². The smallest absolute Gasteiger partial charge is 0.271 e. The van der Waals surface area contributed by atoms with Crippen molar-refractivity contribution >= 4 is 11.6 Å². The van der Waals surface area contributed by atoms with Crippen LogP contribution < -0.4 is 19.6 Å². The second-order valence-electron chi connectivity index (χ2n) is 6.12. The topological polar surface area (TPSA) is 69.2 Å². The first-order valence-electron chi connectivity index (χ1n) is 8.19. The lowest BCUT2D eigenvalue weighted by molar-refractivity contribution is 0.0953. The Morgan fingerprint density at radius 3 is 2.04 bits per heavy atom. The van der Waals surface area contributed by atoms with Gasteiger partial charge in [0.1, 0.15) is 0 Å². The molecule has 6 heteroatoms. The SMILES string of the molecule is COc1cc(C(=O)NN=C2[C@H](C)CCC[C@H]2C)cc(OC)c1OC. The molecule has 2 atom stereocenters. The lowest BCUT2D eigenvalue weighted by Crippen LogP contribution is -2.29. The number of hydrogen-bond donors (Lipinski definition) is 1. The summed E-state index contributed by atoms with van der Waals surface area (Å²) in [5, 5.41) is 4.38. The molecule has 0 bridgehead atoms. The van der Waals surface area contributed by atoms with Crippen LogP contribution in [-0.2, 0) is 0 Å². The summed E-state index contributed by atoms with van der Waals surface area (Å²) in [4.78, 5) is 12.5. The Hall–Kier alpha value is -2.24. The lowest BCUT2D eigenvalue weighted by atomic mass is 9.81. The van der Waals surface area contributed by atoms with Crippen molar-refractivity contribution < 1.29 is 19.0 Å². The molecule has 0 heterocycles. The van der Waals surface area contributed by atoms with E-state index in [-0.39, 0.29) is 5.91 Å². The van der Waals surface area contributed by atoms with Crippen LogP contribution in [0.4, 0.5) is 0 Å². The Morgan fingerprint density at radius 1 is 1.04 bits per heavy atom. The maximum Gasteiger partial charge on any atom is 0.271 e. The van der Waals surface area contributed by atoms with Gasteiger partial charge < -0.3 is 14.2 Å². The molecule has 0 saturated heterocycles. The van der Waals surface area contributed by atoms with Gasteiger partial charge in [0.05, 0.1) is 21.3 Å². The van der Waals surface area contributed by atoms with Gasteiger partial charge in [-0.15, -0.1) is 0 Å². The molecule has 1 aromatic carbocycles. The second-order valence-corrected chi connectivity index (χ2v) is 6.12. The molecule has 1 aliphatic rings. The van der Waals surface area contributed by atoms with E-state index in [9.17, 15) is 4.79 Å². The number of nitrogens with one attached hydrogen (secondary N) is 1. The number of benzene rings is 1. The molecule has 1 aromatic rings. The van der Waals surface area contributed by atoms with Crippen LogP contribution in [0.2, 0.25) is 0 Å². The molecule has 132 valence electrons. The number of methoxy groups -OCH3 is 3. The van der Waals surface area contributed by atoms with Gasteiger partial charge in [0.2, 0.25) is 5.75 Å². The fourth-order valence-electron chi connectivity index (χ4n) is 3.12. The second kappa shape index (κ2) is 8.04. The van der Waals surface area contributed by atoms with Crippen molar-refractivity contribution in [2.24, 2.45) is 16.9 Å². The molecule has 0 aliphatic heterocycles. The van der Waals surface area contributed by atoms with Crippen LogP contribution in [0.5, 0.6) is 17.2 Å². The molecular weight excluding hydrogens is 308 g/mol. The maximum absolute atomic E-state index is 12.5. The minimum Gasteiger partial charge on any atom is -0.493 e. The van der Waals surface area contributed by atoms with Crippen molar-refractivity contribution in [3.05, 3.63) is 17.7 Å². The normalized spacial score (nSPS) is 20.3. The first kappa shape index (κ1) is 18.1. The monoisotopic (exact) mass is 334 g/mol. The molecule has 6 nitrogen and oxygen atoms in total. The van der Waals surface area contributed by atoms with Gasteiger partial charge in [-0.25, -0.2) is 5.43 Å². The van der Waals surface area contributed by atoms with E-state index < -0.39 is 0 Å². The van der Waals surface area contributed by atoms with Crippen molar-refractivity contribution in [3.8, 4) is 17.2 Å². The van der Waals surface area contributed by atoms with E-state index in [1.807, 2.05) is 0 Å². The van der Waals surface area contributed by atoms with Crippen molar-refractivity contribution in [1.82, 2.24) is 5.43 Å². The van der Waals surface area contributed by atoms with E-state index >= 15 is 0 Å². The number of carbonyl (C=O) groups is 1. The van der Waals surface area contributed by atoms with E-state index in [2.05, 4.69) is 24.4 Å². The van der Waals surface area contributed by atoms with Gasteiger partial charge in [-0.05, 0) is 36.8 Å². The van der Waals surface area contributed by atoms with Crippen LogP contribution in [0.3, 0.4) is 0 Å². The Balaban J connectivity index is 2.23. The Bertz CT molecular complexity index is 590. The molecule has 1 fully saturated rings. The molecule has 1 saturated carbocycles. The number of hydrazone groups is 1. The summed E-state index contributed by atoms with van der Waals surface area (Å²) in [5.41, 5.74) is 4.13. The molecule has 1 aliphatic carbocycles. The maximum atomic E-state index is 12.5. The van der Waals surface area contributed by atoms with Gasteiger partial charge >= 0.3 is 0 Å². The highest BCUT2D eigenvalue weighted by molar-refractivity contribution is 5.97. The summed E-state index contributed by atoms with van der Waals surface area (Å²) < 4.78 is 15.8. The summed E-state index contributed by atoms with van der Waals surface area (Å²) in [6.45, 7) is 4.31. The minimum absolute atomic E-state index is 0.299. The van der Waals surface area contributed by atoms with Crippen molar-refractivity contribution in [2.75, 3.05) is 21.3 Å². The molecule has 2 rings (SSSR count). The van der Waals surface area contributed by atoms with E-state index in [4.69, 9.17) is 14.2 Å². The van der Waals surface area contributed by atoms with Crippen LogP contribution >= 0.6 is 0 Å². The number of ether oxygens (including phenoxy) is 3. The third kappa shape index (κ3) is 3.80. The molecule has 1 N–H and O–H groups in total. The van der Waals surface area contributed by atoms with Gasteiger partial charge in [-0.3, -0.25) is 4.79 Å². The largest absolute Gasteiger partial charge is 0.493 e. The lowest BCUT2D eigenvalue weighted by Gasteiger charge is -2.26. The number of hydrogen-bond acceptors (Lipinski definition) is 5. The molecule has 0 aromatic heterocycles. The molecule has 0 spiro atoms. The van der Waals surface area contributed by atoms with Crippen LogP contribution in [-0.4, -0.2) is 32.9 Å². The summed E-state index contributed by atoms with van der Waals surface area (Å²) >= 11 is 0. The first-order chi connectivity index (χ1) is 11.5. The summed E-state index contributed by atoms with van der Waals surface area (Å²) in [6.07, 6.45) is 3.44. The zero-order valence-corrected chi connectivity index (χ0v) is 15.0. The van der Waals surface area contributed by atoms with Crippen LogP contribution in [0.25, 0.3) is 0 Å². The zero-order valence-electron chi connectivity index (χ0n) is 15.0. The van der Waals surface area contributed by atoms with E-state index in [1.165, 1.54) is 27.8 Å². The molecular formula is C18H26N2O4.